The summed E-state index contributed by atoms with van der Waals surface area (Å²) in [5.74, 6) is -0.469. The van der Waals surface area contributed by atoms with Crippen LogP contribution in [0.1, 0.15) is 41.8 Å². The summed E-state index contributed by atoms with van der Waals surface area (Å²) in [6.07, 6.45) is 4.08. The molecular formula is C25H29N5O5. The van der Waals surface area contributed by atoms with Crippen LogP contribution in [0.3, 0.4) is 0 Å². The first kappa shape index (κ1) is 24.2. The van der Waals surface area contributed by atoms with Gasteiger partial charge < -0.3 is 24.7 Å². The second-order valence-electron chi connectivity index (χ2n) is 8.95. The molecule has 0 radical (unpaired) electrons. The zero-order valence-electron chi connectivity index (χ0n) is 20.3. The van der Waals surface area contributed by atoms with Crippen LogP contribution < -0.4 is 15.4 Å². The summed E-state index contributed by atoms with van der Waals surface area (Å²) >= 11 is 0. The number of nitrogens with one attached hydrogen (secondary N) is 2. The molecule has 0 atom stereocenters. The Morgan fingerprint density at radius 1 is 1.03 bits per heavy atom. The summed E-state index contributed by atoms with van der Waals surface area (Å²) in [5.41, 5.74) is 1.79. The monoisotopic (exact) mass is 479 g/mol. The van der Waals surface area contributed by atoms with Crippen molar-refractivity contribution in [2.45, 2.75) is 32.6 Å². The quantitative estimate of drug-likeness (QED) is 0.553. The lowest BCUT2D eigenvalue weighted by atomic mass is 9.81. The fraction of sp³-hybridized carbons (Fsp3) is 0.400. The van der Waals surface area contributed by atoms with E-state index in [-0.39, 0.29) is 35.1 Å². The Labute approximate surface area is 203 Å². The Kier molecular flexibility index (Phi) is 6.99. The molecule has 1 saturated carbocycles. The van der Waals surface area contributed by atoms with Gasteiger partial charge in [-0.1, -0.05) is 6.07 Å². The van der Waals surface area contributed by atoms with Crippen molar-refractivity contribution in [2.24, 2.45) is 11.8 Å². The first-order chi connectivity index (χ1) is 16.8. The van der Waals surface area contributed by atoms with Crippen molar-refractivity contribution in [2.75, 3.05) is 31.8 Å². The third-order valence-electron chi connectivity index (χ3n) is 6.21. The highest BCUT2D eigenvalue weighted by molar-refractivity contribution is 6.13. The molecule has 3 aromatic heterocycles. The van der Waals surface area contributed by atoms with Gasteiger partial charge >= 0.3 is 0 Å². The number of hydrogen-bond donors (Lipinski definition) is 2. The van der Waals surface area contributed by atoms with Crippen LogP contribution in [0.2, 0.25) is 0 Å². The smallest absolute Gasteiger partial charge is 0.294 e. The first-order valence-corrected chi connectivity index (χ1v) is 11.5. The molecule has 184 valence electrons. The van der Waals surface area contributed by atoms with Crippen molar-refractivity contribution in [1.82, 2.24) is 14.9 Å². The molecule has 0 saturated heterocycles. The summed E-state index contributed by atoms with van der Waals surface area (Å²) in [6.45, 7) is 1.90. The molecule has 3 aromatic rings. The van der Waals surface area contributed by atoms with E-state index in [4.69, 9.17) is 9.15 Å². The average molecular weight is 480 g/mol. The Bertz CT molecular complexity index is 1240. The Morgan fingerprint density at radius 2 is 1.74 bits per heavy atom. The molecule has 3 heterocycles. The SMILES string of the molecule is COc1ccc2oc(C(=O)Nc3ccc(C)cn3)c(NC(=O)C3CCC(C(=O)N(C)C)CC3)c2n1. The number of ether oxygens (including phenoxy) is 1. The van der Waals surface area contributed by atoms with Crippen LogP contribution in [0, 0.1) is 18.8 Å². The highest BCUT2D eigenvalue weighted by Crippen LogP contribution is 2.35. The molecule has 10 nitrogen and oxygen atoms in total. The zero-order valence-corrected chi connectivity index (χ0v) is 20.3. The largest absolute Gasteiger partial charge is 0.481 e. The number of aromatic nitrogens is 2. The minimum absolute atomic E-state index is 0.0712. The average Bonchev–Trinajstić information content (AvgIpc) is 3.22. The maximum atomic E-state index is 13.2. The van der Waals surface area contributed by atoms with Gasteiger partial charge in [0.1, 0.15) is 17.0 Å². The number of amides is 3. The van der Waals surface area contributed by atoms with Crippen molar-refractivity contribution >= 4 is 40.3 Å². The third kappa shape index (κ3) is 5.26. The molecule has 1 aliphatic rings. The molecule has 0 bridgehead atoms. The van der Waals surface area contributed by atoms with Gasteiger partial charge in [-0.25, -0.2) is 9.97 Å². The molecular weight excluding hydrogens is 450 g/mol. The predicted molar refractivity (Wildman–Crippen MR) is 130 cm³/mol. The number of furan rings is 1. The number of pyridine rings is 2. The highest BCUT2D eigenvalue weighted by Gasteiger charge is 2.32. The van der Waals surface area contributed by atoms with Crippen LogP contribution in [0.5, 0.6) is 5.88 Å². The number of fused-ring (bicyclic) bond motifs is 1. The normalized spacial score (nSPS) is 17.6. The lowest BCUT2D eigenvalue weighted by molar-refractivity contribution is -0.135. The lowest BCUT2D eigenvalue weighted by Gasteiger charge is -2.28. The van der Waals surface area contributed by atoms with Crippen LogP contribution in [0.4, 0.5) is 11.5 Å². The van der Waals surface area contributed by atoms with Gasteiger partial charge in [0, 0.05) is 38.2 Å². The van der Waals surface area contributed by atoms with E-state index < -0.39 is 5.91 Å². The minimum Gasteiger partial charge on any atom is -0.481 e. The van der Waals surface area contributed by atoms with Crippen molar-refractivity contribution in [3.8, 4) is 5.88 Å². The van der Waals surface area contributed by atoms with Crippen LogP contribution in [0.15, 0.2) is 34.9 Å². The molecule has 0 spiro atoms. The van der Waals surface area contributed by atoms with Gasteiger partial charge in [0.15, 0.2) is 5.58 Å². The molecule has 4 rings (SSSR count). The second kappa shape index (κ2) is 10.1. The fourth-order valence-electron chi connectivity index (χ4n) is 4.26. The van der Waals surface area contributed by atoms with Gasteiger partial charge in [-0.05, 0) is 50.3 Å². The topological polar surface area (TPSA) is 127 Å². The fourth-order valence-corrected chi connectivity index (χ4v) is 4.26. The van der Waals surface area contributed by atoms with E-state index in [0.29, 0.717) is 48.5 Å². The Morgan fingerprint density at radius 3 is 2.37 bits per heavy atom. The number of anilines is 2. The van der Waals surface area contributed by atoms with Gasteiger partial charge in [-0.15, -0.1) is 0 Å². The standard InChI is InChI=1S/C25H29N5O5/c1-14-5-11-18(26-13-14)27-24(32)22-21(20-17(35-22)10-12-19(28-20)34-4)29-23(31)15-6-8-16(9-7-15)25(33)30(2)3/h5,10-13,15-16H,6-9H2,1-4H3,(H,29,31)(H,26,27,32). The van der Waals surface area contributed by atoms with Crippen LogP contribution in [-0.4, -0.2) is 53.8 Å². The molecule has 0 unspecified atom stereocenters. The lowest BCUT2D eigenvalue weighted by Crippen LogP contribution is -2.35. The van der Waals surface area contributed by atoms with E-state index in [9.17, 15) is 14.4 Å². The number of hydrogen-bond acceptors (Lipinski definition) is 7. The Balaban J connectivity index is 1.58. The van der Waals surface area contributed by atoms with Gasteiger partial charge in [-0.2, -0.15) is 0 Å². The molecule has 35 heavy (non-hydrogen) atoms. The van der Waals surface area contributed by atoms with E-state index in [1.54, 1.807) is 43.4 Å². The van der Waals surface area contributed by atoms with Crippen LogP contribution >= 0.6 is 0 Å². The number of rotatable bonds is 6. The van der Waals surface area contributed by atoms with Gasteiger partial charge in [0.05, 0.1) is 7.11 Å². The van der Waals surface area contributed by atoms with Gasteiger partial charge in [-0.3, -0.25) is 14.4 Å². The molecule has 2 N–H and O–H groups in total. The molecule has 3 amide bonds. The number of methoxy groups -OCH3 is 1. The van der Waals surface area contributed by atoms with Crippen LogP contribution in [0.25, 0.3) is 11.1 Å². The molecule has 1 fully saturated rings. The summed E-state index contributed by atoms with van der Waals surface area (Å²) in [4.78, 5) is 48.7. The predicted octanol–water partition coefficient (Wildman–Crippen LogP) is 3.63. The van der Waals surface area contributed by atoms with Gasteiger partial charge in [0.25, 0.3) is 5.91 Å². The maximum Gasteiger partial charge on any atom is 0.294 e. The van der Waals surface area contributed by atoms with Crippen molar-refractivity contribution in [1.29, 1.82) is 0 Å². The summed E-state index contributed by atoms with van der Waals surface area (Å²) in [6, 6.07) is 6.76. The highest BCUT2D eigenvalue weighted by atomic mass is 16.5. The number of nitrogens with zero attached hydrogens (tertiary/aromatic N) is 3. The van der Waals surface area contributed by atoms with E-state index in [0.717, 1.165) is 5.56 Å². The van der Waals surface area contributed by atoms with Crippen molar-refractivity contribution in [3.05, 3.63) is 41.8 Å². The number of carbonyl (C=O) groups is 3. The minimum atomic E-state index is -0.561. The van der Waals surface area contributed by atoms with Crippen molar-refractivity contribution < 1.29 is 23.5 Å². The first-order valence-electron chi connectivity index (χ1n) is 11.5. The molecule has 0 aromatic carbocycles. The van der Waals surface area contributed by atoms with E-state index in [1.165, 1.54) is 7.11 Å². The zero-order chi connectivity index (χ0) is 25.1. The Hall–Kier alpha value is -3.95. The summed E-state index contributed by atoms with van der Waals surface area (Å²) < 4.78 is 11.0. The summed E-state index contributed by atoms with van der Waals surface area (Å²) in [7, 11) is 4.97. The number of aryl methyl sites for hydroxylation is 1. The van der Waals surface area contributed by atoms with E-state index in [1.807, 2.05) is 13.0 Å². The van der Waals surface area contributed by atoms with E-state index >= 15 is 0 Å². The number of carbonyl (C=O) groups excluding carboxylic acids is 3. The maximum absolute atomic E-state index is 13.2. The third-order valence-corrected chi connectivity index (χ3v) is 6.21. The molecule has 0 aliphatic heterocycles. The second-order valence-corrected chi connectivity index (χ2v) is 8.95. The van der Waals surface area contributed by atoms with E-state index in [2.05, 4.69) is 20.6 Å². The van der Waals surface area contributed by atoms with Gasteiger partial charge in [0.2, 0.25) is 23.5 Å². The molecule has 10 heteroatoms. The van der Waals surface area contributed by atoms with Crippen molar-refractivity contribution in [3.63, 3.8) is 0 Å². The summed E-state index contributed by atoms with van der Waals surface area (Å²) in [5, 5.41) is 5.57. The van der Waals surface area contributed by atoms with Crippen LogP contribution in [-0.2, 0) is 9.59 Å². The molecule has 1 aliphatic carbocycles.